The van der Waals surface area contributed by atoms with Crippen LogP contribution in [0.4, 0.5) is 0 Å². The maximum absolute atomic E-state index is 9.39. The van der Waals surface area contributed by atoms with Crippen molar-refractivity contribution < 1.29 is 5.11 Å². The van der Waals surface area contributed by atoms with Crippen LogP contribution >= 0.6 is 0 Å². The van der Waals surface area contributed by atoms with E-state index in [0.717, 1.165) is 6.54 Å². The SMILES string of the molecule is CC(C)NC(CO)CN1[C@H](C)CCC[C@@H]1C. The maximum Gasteiger partial charge on any atom is 0.0597 e. The lowest BCUT2D eigenvalue weighted by molar-refractivity contribution is 0.0765. The fourth-order valence-corrected chi connectivity index (χ4v) is 2.72. The van der Waals surface area contributed by atoms with Crippen LogP contribution in [0, 0.1) is 0 Å². The summed E-state index contributed by atoms with van der Waals surface area (Å²) in [5, 5.41) is 12.8. The topological polar surface area (TPSA) is 35.5 Å². The highest BCUT2D eigenvalue weighted by Crippen LogP contribution is 2.22. The summed E-state index contributed by atoms with van der Waals surface area (Å²) >= 11 is 0. The van der Waals surface area contributed by atoms with Gasteiger partial charge in [0.15, 0.2) is 0 Å². The molecule has 1 heterocycles. The summed E-state index contributed by atoms with van der Waals surface area (Å²) in [5.41, 5.74) is 0. The van der Waals surface area contributed by atoms with Gasteiger partial charge in [-0.2, -0.15) is 0 Å². The number of nitrogens with zero attached hydrogens (tertiary/aromatic N) is 1. The second kappa shape index (κ2) is 6.58. The van der Waals surface area contributed by atoms with Gasteiger partial charge < -0.3 is 10.4 Å². The second-order valence-corrected chi connectivity index (χ2v) is 5.53. The number of nitrogens with one attached hydrogen (secondary N) is 1. The normalized spacial score (nSPS) is 29.6. The molecule has 3 nitrogen and oxygen atoms in total. The Labute approximate surface area is 100 Å². The molecular formula is C13H28N2O. The number of aliphatic hydroxyl groups excluding tert-OH is 1. The molecule has 1 rings (SSSR count). The molecule has 1 aliphatic heterocycles. The first-order chi connectivity index (χ1) is 7.54. The Morgan fingerprint density at radius 2 is 1.81 bits per heavy atom. The van der Waals surface area contributed by atoms with Gasteiger partial charge in [-0.15, -0.1) is 0 Å². The van der Waals surface area contributed by atoms with E-state index in [9.17, 15) is 5.11 Å². The summed E-state index contributed by atoms with van der Waals surface area (Å²) in [7, 11) is 0. The van der Waals surface area contributed by atoms with Crippen LogP contribution in [0.15, 0.2) is 0 Å². The van der Waals surface area contributed by atoms with Crippen molar-refractivity contribution in [2.45, 2.75) is 71.1 Å². The third-order valence-electron chi connectivity index (χ3n) is 3.60. The summed E-state index contributed by atoms with van der Waals surface area (Å²) in [6.07, 6.45) is 3.94. The lowest BCUT2D eigenvalue weighted by Gasteiger charge is -2.41. The highest BCUT2D eigenvalue weighted by molar-refractivity contribution is 4.83. The quantitative estimate of drug-likeness (QED) is 0.750. The zero-order chi connectivity index (χ0) is 12.1. The number of hydrogen-bond acceptors (Lipinski definition) is 3. The van der Waals surface area contributed by atoms with E-state index in [1.807, 2.05) is 0 Å². The molecular weight excluding hydrogens is 200 g/mol. The number of hydrogen-bond donors (Lipinski definition) is 2. The zero-order valence-electron chi connectivity index (χ0n) is 11.2. The summed E-state index contributed by atoms with van der Waals surface area (Å²) in [6, 6.07) is 1.97. The van der Waals surface area contributed by atoms with Crippen molar-refractivity contribution in [2.75, 3.05) is 13.2 Å². The van der Waals surface area contributed by atoms with Crippen molar-refractivity contribution in [3.8, 4) is 0 Å². The molecule has 2 N–H and O–H groups in total. The van der Waals surface area contributed by atoms with E-state index in [-0.39, 0.29) is 12.6 Å². The third-order valence-corrected chi connectivity index (χ3v) is 3.60. The molecule has 0 aromatic rings. The lowest BCUT2D eigenvalue weighted by atomic mass is 9.97. The number of rotatable bonds is 5. The average Bonchev–Trinajstić information content (AvgIpc) is 2.21. The second-order valence-electron chi connectivity index (χ2n) is 5.53. The van der Waals surface area contributed by atoms with Crippen molar-refractivity contribution in [3.05, 3.63) is 0 Å². The smallest absolute Gasteiger partial charge is 0.0597 e. The Hall–Kier alpha value is -0.120. The van der Waals surface area contributed by atoms with Gasteiger partial charge in [-0.1, -0.05) is 20.3 Å². The Balaban J connectivity index is 2.48. The molecule has 0 aromatic heterocycles. The van der Waals surface area contributed by atoms with E-state index in [1.165, 1.54) is 19.3 Å². The predicted octanol–water partition coefficient (Wildman–Crippen LogP) is 1.61. The van der Waals surface area contributed by atoms with Crippen LogP contribution in [0.25, 0.3) is 0 Å². The minimum Gasteiger partial charge on any atom is -0.395 e. The first kappa shape index (κ1) is 13.9. The molecule has 1 aliphatic rings. The van der Waals surface area contributed by atoms with E-state index in [4.69, 9.17) is 0 Å². The van der Waals surface area contributed by atoms with Crippen LogP contribution in [0.2, 0.25) is 0 Å². The van der Waals surface area contributed by atoms with Gasteiger partial charge in [0.2, 0.25) is 0 Å². The molecule has 3 atom stereocenters. The van der Waals surface area contributed by atoms with Gasteiger partial charge in [-0.25, -0.2) is 0 Å². The largest absolute Gasteiger partial charge is 0.395 e. The molecule has 96 valence electrons. The van der Waals surface area contributed by atoms with E-state index in [2.05, 4.69) is 37.9 Å². The van der Waals surface area contributed by atoms with Gasteiger partial charge in [0.1, 0.15) is 0 Å². The van der Waals surface area contributed by atoms with Crippen LogP contribution in [0.3, 0.4) is 0 Å². The van der Waals surface area contributed by atoms with Crippen molar-refractivity contribution in [2.24, 2.45) is 0 Å². The minimum atomic E-state index is 0.211. The van der Waals surface area contributed by atoms with E-state index in [1.54, 1.807) is 0 Å². The highest BCUT2D eigenvalue weighted by Gasteiger charge is 2.26. The standard InChI is InChI=1S/C13H28N2O/c1-10(2)14-13(9-16)8-15-11(3)6-5-7-12(15)4/h10-14,16H,5-9H2,1-4H3/t11-,12+,13?. The Kier molecular flexibility index (Phi) is 5.73. The van der Waals surface area contributed by atoms with Crippen molar-refractivity contribution in [1.29, 1.82) is 0 Å². The molecule has 1 saturated heterocycles. The van der Waals surface area contributed by atoms with Gasteiger partial charge in [0.25, 0.3) is 0 Å². The molecule has 0 aromatic carbocycles. The molecule has 0 aliphatic carbocycles. The molecule has 1 fully saturated rings. The number of aliphatic hydroxyl groups is 1. The fourth-order valence-electron chi connectivity index (χ4n) is 2.72. The highest BCUT2D eigenvalue weighted by atomic mass is 16.3. The molecule has 0 radical (unpaired) electrons. The summed E-state index contributed by atoms with van der Waals surface area (Å²) in [5.74, 6) is 0. The van der Waals surface area contributed by atoms with Crippen molar-refractivity contribution >= 4 is 0 Å². The number of piperidine rings is 1. The molecule has 0 bridgehead atoms. The predicted molar refractivity (Wildman–Crippen MR) is 68.6 cm³/mol. The molecule has 0 amide bonds. The Bertz CT molecular complexity index is 186. The molecule has 0 spiro atoms. The summed E-state index contributed by atoms with van der Waals surface area (Å²) < 4.78 is 0. The summed E-state index contributed by atoms with van der Waals surface area (Å²) in [6.45, 7) is 10.1. The molecule has 16 heavy (non-hydrogen) atoms. The third kappa shape index (κ3) is 4.04. The number of likely N-dealkylation sites (tertiary alicyclic amines) is 1. The Morgan fingerprint density at radius 3 is 2.25 bits per heavy atom. The minimum absolute atomic E-state index is 0.211. The monoisotopic (exact) mass is 228 g/mol. The first-order valence-electron chi connectivity index (χ1n) is 6.67. The molecule has 1 unspecified atom stereocenters. The van der Waals surface area contributed by atoms with Gasteiger partial charge in [0.05, 0.1) is 6.61 Å². The summed E-state index contributed by atoms with van der Waals surface area (Å²) in [4.78, 5) is 2.54. The Morgan fingerprint density at radius 1 is 1.25 bits per heavy atom. The van der Waals surface area contributed by atoms with Crippen LogP contribution in [-0.2, 0) is 0 Å². The average molecular weight is 228 g/mol. The lowest BCUT2D eigenvalue weighted by Crippen LogP contribution is -2.52. The van der Waals surface area contributed by atoms with E-state index in [0.29, 0.717) is 18.1 Å². The van der Waals surface area contributed by atoms with Gasteiger partial charge in [0, 0.05) is 30.7 Å². The molecule has 3 heteroatoms. The molecule has 0 saturated carbocycles. The first-order valence-corrected chi connectivity index (χ1v) is 6.67. The van der Waals surface area contributed by atoms with Crippen molar-refractivity contribution in [1.82, 2.24) is 10.2 Å². The van der Waals surface area contributed by atoms with Gasteiger partial charge in [-0.3, -0.25) is 4.90 Å². The van der Waals surface area contributed by atoms with Gasteiger partial charge >= 0.3 is 0 Å². The van der Waals surface area contributed by atoms with Crippen LogP contribution in [-0.4, -0.2) is 47.3 Å². The van der Waals surface area contributed by atoms with Crippen LogP contribution in [0.1, 0.15) is 47.0 Å². The maximum atomic E-state index is 9.39. The zero-order valence-corrected chi connectivity index (χ0v) is 11.2. The van der Waals surface area contributed by atoms with E-state index >= 15 is 0 Å². The van der Waals surface area contributed by atoms with Crippen LogP contribution < -0.4 is 5.32 Å². The van der Waals surface area contributed by atoms with Crippen LogP contribution in [0.5, 0.6) is 0 Å². The van der Waals surface area contributed by atoms with E-state index < -0.39 is 0 Å². The van der Waals surface area contributed by atoms with Crippen molar-refractivity contribution in [3.63, 3.8) is 0 Å². The van der Waals surface area contributed by atoms with Gasteiger partial charge in [-0.05, 0) is 26.7 Å². The fraction of sp³-hybridized carbons (Fsp3) is 1.00.